The number of carbonyl (C=O) groups is 1. The number of carbonyl (C=O) groups excluding carboxylic acids is 1. The summed E-state index contributed by atoms with van der Waals surface area (Å²) in [7, 11) is 0. The summed E-state index contributed by atoms with van der Waals surface area (Å²) in [5, 5.41) is 0. The summed E-state index contributed by atoms with van der Waals surface area (Å²) in [4.78, 5) is 11.3. The highest BCUT2D eigenvalue weighted by atomic mass is 19.4. The standard InChI is InChI=1S/C10H15F3O2/c11-10(12,13)7-15-6-5-8-3-1-2-4-9(8)14/h8H,1-7H2. The van der Waals surface area contributed by atoms with Crippen LogP contribution < -0.4 is 0 Å². The lowest BCUT2D eigenvalue weighted by molar-refractivity contribution is -0.174. The molecule has 1 saturated carbocycles. The molecule has 0 aromatic heterocycles. The van der Waals surface area contributed by atoms with Crippen molar-refractivity contribution in [2.45, 2.75) is 38.3 Å². The van der Waals surface area contributed by atoms with E-state index >= 15 is 0 Å². The molecule has 0 aromatic carbocycles. The molecule has 0 N–H and O–H groups in total. The molecule has 15 heavy (non-hydrogen) atoms. The number of hydrogen-bond donors (Lipinski definition) is 0. The molecule has 0 saturated heterocycles. The predicted octanol–water partition coefficient (Wildman–Crippen LogP) is 2.71. The summed E-state index contributed by atoms with van der Waals surface area (Å²) in [5.74, 6) is 0.101. The fourth-order valence-electron chi connectivity index (χ4n) is 1.77. The van der Waals surface area contributed by atoms with Crippen LogP contribution >= 0.6 is 0 Å². The number of ketones is 1. The van der Waals surface area contributed by atoms with Crippen molar-refractivity contribution >= 4 is 5.78 Å². The molecule has 2 nitrogen and oxygen atoms in total. The number of Topliss-reactive ketones (excluding diaryl/α,β-unsaturated/α-hetero) is 1. The van der Waals surface area contributed by atoms with Crippen molar-refractivity contribution in [3.05, 3.63) is 0 Å². The van der Waals surface area contributed by atoms with Crippen LogP contribution in [0, 0.1) is 5.92 Å². The Balaban J connectivity index is 2.11. The van der Waals surface area contributed by atoms with Gasteiger partial charge in [-0.1, -0.05) is 6.42 Å². The molecule has 0 aliphatic heterocycles. The summed E-state index contributed by atoms with van der Waals surface area (Å²) in [6.45, 7) is -1.19. The van der Waals surface area contributed by atoms with E-state index in [0.29, 0.717) is 12.8 Å². The maximum Gasteiger partial charge on any atom is 0.411 e. The summed E-state index contributed by atoms with van der Waals surface area (Å²) < 4.78 is 39.6. The van der Waals surface area contributed by atoms with Gasteiger partial charge in [0.2, 0.25) is 0 Å². The van der Waals surface area contributed by atoms with Gasteiger partial charge in [0.25, 0.3) is 0 Å². The van der Waals surface area contributed by atoms with Crippen LogP contribution in [-0.2, 0) is 9.53 Å². The predicted molar refractivity (Wildman–Crippen MR) is 48.5 cm³/mol. The molecule has 1 aliphatic rings. The van der Waals surface area contributed by atoms with Crippen LogP contribution in [0.4, 0.5) is 13.2 Å². The largest absolute Gasteiger partial charge is 0.411 e. The van der Waals surface area contributed by atoms with Gasteiger partial charge in [-0.25, -0.2) is 0 Å². The van der Waals surface area contributed by atoms with Crippen LogP contribution in [0.2, 0.25) is 0 Å². The molecule has 0 heterocycles. The normalized spacial score (nSPS) is 23.1. The SMILES string of the molecule is O=C1CCCCC1CCOCC(F)(F)F. The Bertz CT molecular complexity index is 213. The van der Waals surface area contributed by atoms with E-state index in [9.17, 15) is 18.0 Å². The Morgan fingerprint density at radius 1 is 1.33 bits per heavy atom. The maximum absolute atomic E-state index is 11.7. The van der Waals surface area contributed by atoms with Crippen molar-refractivity contribution in [2.24, 2.45) is 5.92 Å². The molecule has 0 amide bonds. The van der Waals surface area contributed by atoms with Crippen LogP contribution in [-0.4, -0.2) is 25.2 Å². The molecule has 88 valence electrons. The quantitative estimate of drug-likeness (QED) is 0.686. The van der Waals surface area contributed by atoms with Gasteiger partial charge in [-0.05, 0) is 19.3 Å². The maximum atomic E-state index is 11.7. The Labute approximate surface area is 86.8 Å². The Hall–Kier alpha value is -0.580. The van der Waals surface area contributed by atoms with Crippen molar-refractivity contribution in [3.8, 4) is 0 Å². The minimum atomic E-state index is -4.27. The summed E-state index contributed by atoms with van der Waals surface area (Å²) in [6, 6.07) is 0. The van der Waals surface area contributed by atoms with E-state index in [1.165, 1.54) is 0 Å². The van der Waals surface area contributed by atoms with Gasteiger partial charge in [0, 0.05) is 18.9 Å². The molecular weight excluding hydrogens is 209 g/mol. The van der Waals surface area contributed by atoms with E-state index in [-0.39, 0.29) is 18.3 Å². The van der Waals surface area contributed by atoms with Crippen LogP contribution in [0.1, 0.15) is 32.1 Å². The van der Waals surface area contributed by atoms with E-state index in [0.717, 1.165) is 19.3 Å². The zero-order valence-electron chi connectivity index (χ0n) is 8.48. The average Bonchev–Trinajstić information content (AvgIpc) is 2.13. The van der Waals surface area contributed by atoms with E-state index in [1.54, 1.807) is 0 Å². The fraction of sp³-hybridized carbons (Fsp3) is 0.900. The number of rotatable bonds is 4. The van der Waals surface area contributed by atoms with Gasteiger partial charge in [-0.3, -0.25) is 4.79 Å². The molecule has 5 heteroatoms. The minimum absolute atomic E-state index is 0.0237. The number of hydrogen-bond acceptors (Lipinski definition) is 2. The van der Waals surface area contributed by atoms with Gasteiger partial charge in [0.15, 0.2) is 0 Å². The van der Waals surface area contributed by atoms with Gasteiger partial charge in [0.1, 0.15) is 12.4 Å². The Morgan fingerprint density at radius 2 is 2.07 bits per heavy atom. The first-order chi connectivity index (χ1) is 6.99. The third kappa shape index (κ3) is 5.16. The second-order valence-corrected chi connectivity index (χ2v) is 3.87. The second kappa shape index (κ2) is 5.49. The first-order valence-electron chi connectivity index (χ1n) is 5.16. The van der Waals surface area contributed by atoms with Crippen molar-refractivity contribution in [3.63, 3.8) is 0 Å². The lowest BCUT2D eigenvalue weighted by Gasteiger charge is -2.20. The van der Waals surface area contributed by atoms with Crippen molar-refractivity contribution < 1.29 is 22.7 Å². The molecule has 1 rings (SSSR count). The van der Waals surface area contributed by atoms with Crippen molar-refractivity contribution in [1.29, 1.82) is 0 Å². The molecular formula is C10H15F3O2. The van der Waals surface area contributed by atoms with Gasteiger partial charge in [0.05, 0.1) is 0 Å². The molecule has 0 spiro atoms. The molecule has 1 aliphatic carbocycles. The molecule has 0 aromatic rings. The third-order valence-electron chi connectivity index (χ3n) is 2.56. The Kier molecular flexibility index (Phi) is 4.57. The molecule has 1 atom stereocenters. The summed E-state index contributed by atoms with van der Waals surface area (Å²) in [5.41, 5.74) is 0. The van der Waals surface area contributed by atoms with Crippen LogP contribution in [0.25, 0.3) is 0 Å². The molecule has 0 bridgehead atoms. The first kappa shape index (κ1) is 12.5. The fourth-order valence-corrected chi connectivity index (χ4v) is 1.77. The lowest BCUT2D eigenvalue weighted by atomic mass is 9.86. The molecule has 0 radical (unpaired) electrons. The number of alkyl halides is 3. The number of halogens is 3. The summed E-state index contributed by atoms with van der Waals surface area (Å²) in [6.07, 6.45) is -0.557. The van der Waals surface area contributed by atoms with Gasteiger partial charge in [-0.15, -0.1) is 0 Å². The highest BCUT2D eigenvalue weighted by molar-refractivity contribution is 5.81. The smallest absolute Gasteiger partial charge is 0.372 e. The average molecular weight is 224 g/mol. The first-order valence-corrected chi connectivity index (χ1v) is 5.16. The second-order valence-electron chi connectivity index (χ2n) is 3.87. The van der Waals surface area contributed by atoms with E-state index in [1.807, 2.05) is 0 Å². The molecule has 1 fully saturated rings. The Morgan fingerprint density at radius 3 is 2.67 bits per heavy atom. The topological polar surface area (TPSA) is 26.3 Å². The molecule has 1 unspecified atom stereocenters. The van der Waals surface area contributed by atoms with Crippen LogP contribution in [0.5, 0.6) is 0 Å². The third-order valence-corrected chi connectivity index (χ3v) is 2.56. The highest BCUT2D eigenvalue weighted by Gasteiger charge is 2.28. The van der Waals surface area contributed by atoms with Crippen molar-refractivity contribution in [2.75, 3.05) is 13.2 Å². The van der Waals surface area contributed by atoms with Gasteiger partial charge < -0.3 is 4.74 Å². The van der Waals surface area contributed by atoms with Crippen molar-refractivity contribution in [1.82, 2.24) is 0 Å². The zero-order valence-corrected chi connectivity index (χ0v) is 8.48. The van der Waals surface area contributed by atoms with Crippen LogP contribution in [0.15, 0.2) is 0 Å². The van der Waals surface area contributed by atoms with E-state index in [4.69, 9.17) is 0 Å². The zero-order chi connectivity index (χ0) is 11.3. The number of ether oxygens (including phenoxy) is 1. The van der Waals surface area contributed by atoms with E-state index < -0.39 is 12.8 Å². The van der Waals surface area contributed by atoms with Crippen LogP contribution in [0.3, 0.4) is 0 Å². The summed E-state index contributed by atoms with van der Waals surface area (Å²) >= 11 is 0. The highest BCUT2D eigenvalue weighted by Crippen LogP contribution is 2.23. The minimum Gasteiger partial charge on any atom is -0.372 e. The van der Waals surface area contributed by atoms with Gasteiger partial charge >= 0.3 is 6.18 Å². The van der Waals surface area contributed by atoms with E-state index in [2.05, 4.69) is 4.74 Å². The monoisotopic (exact) mass is 224 g/mol. The van der Waals surface area contributed by atoms with Gasteiger partial charge in [-0.2, -0.15) is 13.2 Å². The lowest BCUT2D eigenvalue weighted by Crippen LogP contribution is -2.22.